The van der Waals surface area contributed by atoms with Crippen LogP contribution in [-0.4, -0.2) is 12.9 Å². The average Bonchev–Trinajstić information content (AvgIpc) is 2.82. The van der Waals surface area contributed by atoms with E-state index in [0.29, 0.717) is 5.56 Å². The van der Waals surface area contributed by atoms with E-state index in [1.54, 1.807) is 48.8 Å². The molecule has 0 radical (unpaired) electrons. The van der Waals surface area contributed by atoms with Crippen LogP contribution in [0.15, 0.2) is 42.5 Å². The van der Waals surface area contributed by atoms with Gasteiger partial charge in [-0.1, -0.05) is 0 Å². The van der Waals surface area contributed by atoms with Gasteiger partial charge in [0.25, 0.3) is 0 Å². The first-order valence-corrected chi connectivity index (χ1v) is 6.43. The van der Waals surface area contributed by atoms with Crippen LogP contribution < -0.4 is 4.74 Å². The van der Waals surface area contributed by atoms with Crippen LogP contribution in [0.4, 0.5) is 0 Å². The van der Waals surface area contributed by atoms with Gasteiger partial charge in [0.2, 0.25) is 0 Å². The van der Waals surface area contributed by atoms with E-state index >= 15 is 0 Å². The minimum Gasteiger partial charge on any atom is -0.497 e. The fourth-order valence-corrected chi connectivity index (χ4v) is 2.33. The molecule has 3 heteroatoms. The summed E-state index contributed by atoms with van der Waals surface area (Å²) in [6, 6.07) is 11.2. The number of rotatable bonds is 4. The second-order valence-electron chi connectivity index (χ2n) is 3.87. The van der Waals surface area contributed by atoms with Gasteiger partial charge in [-0.2, -0.15) is 0 Å². The molecular weight excluding hydrogens is 244 g/mol. The molecule has 0 bridgehead atoms. The summed E-state index contributed by atoms with van der Waals surface area (Å²) >= 11 is 1.67. The van der Waals surface area contributed by atoms with Crippen LogP contribution in [0.25, 0.3) is 6.08 Å². The van der Waals surface area contributed by atoms with Gasteiger partial charge >= 0.3 is 0 Å². The van der Waals surface area contributed by atoms with E-state index < -0.39 is 0 Å². The van der Waals surface area contributed by atoms with Crippen molar-refractivity contribution in [3.05, 3.63) is 57.8 Å². The summed E-state index contributed by atoms with van der Waals surface area (Å²) in [6.07, 6.45) is 3.46. The Balaban J connectivity index is 2.09. The molecule has 1 aromatic carbocycles. The Bertz CT molecular complexity index is 564. The SMILES string of the molecule is COc1ccc(C(=O)/C=C/c2ccc(C)s2)cc1. The number of methoxy groups -OCH3 is 1. The number of aryl methyl sites for hydroxylation is 1. The van der Waals surface area contributed by atoms with Crippen molar-refractivity contribution >= 4 is 23.2 Å². The highest BCUT2D eigenvalue weighted by Gasteiger charge is 2.02. The first-order chi connectivity index (χ1) is 8.69. The number of carbonyl (C=O) groups excluding carboxylic acids is 1. The molecule has 2 rings (SSSR count). The zero-order valence-corrected chi connectivity index (χ0v) is 11.2. The Labute approximate surface area is 111 Å². The molecule has 1 aromatic heterocycles. The molecule has 0 amide bonds. The predicted molar refractivity (Wildman–Crippen MR) is 75.4 cm³/mol. The lowest BCUT2D eigenvalue weighted by Gasteiger charge is -1.99. The highest BCUT2D eigenvalue weighted by molar-refractivity contribution is 7.12. The standard InChI is InChI=1S/C15H14O2S/c1-11-3-8-14(18-11)9-10-15(16)12-4-6-13(17-2)7-5-12/h3-10H,1-2H3/b10-9+. The number of carbonyl (C=O) groups is 1. The Kier molecular flexibility index (Phi) is 3.95. The van der Waals surface area contributed by atoms with Gasteiger partial charge in [0, 0.05) is 15.3 Å². The van der Waals surface area contributed by atoms with Crippen molar-refractivity contribution in [2.45, 2.75) is 6.92 Å². The zero-order chi connectivity index (χ0) is 13.0. The van der Waals surface area contributed by atoms with Crippen LogP contribution in [0, 0.1) is 6.92 Å². The van der Waals surface area contributed by atoms with E-state index in [2.05, 4.69) is 0 Å². The molecule has 2 aromatic rings. The fraction of sp³-hybridized carbons (Fsp3) is 0.133. The van der Waals surface area contributed by atoms with Gasteiger partial charge in [0.1, 0.15) is 5.75 Å². The summed E-state index contributed by atoms with van der Waals surface area (Å²) in [4.78, 5) is 14.2. The Hall–Kier alpha value is -1.87. The van der Waals surface area contributed by atoms with E-state index in [1.807, 2.05) is 25.1 Å². The highest BCUT2D eigenvalue weighted by atomic mass is 32.1. The van der Waals surface area contributed by atoms with Crippen LogP contribution in [0.1, 0.15) is 20.1 Å². The Morgan fingerprint density at radius 3 is 2.44 bits per heavy atom. The molecule has 0 N–H and O–H groups in total. The lowest BCUT2D eigenvalue weighted by Crippen LogP contribution is -1.93. The van der Waals surface area contributed by atoms with Gasteiger partial charge in [0.15, 0.2) is 5.78 Å². The minimum atomic E-state index is 0.00343. The average molecular weight is 258 g/mol. The van der Waals surface area contributed by atoms with Gasteiger partial charge in [-0.05, 0) is 55.5 Å². The van der Waals surface area contributed by atoms with E-state index in [0.717, 1.165) is 10.6 Å². The summed E-state index contributed by atoms with van der Waals surface area (Å²) in [6.45, 7) is 2.05. The van der Waals surface area contributed by atoms with Gasteiger partial charge in [-0.3, -0.25) is 4.79 Å². The van der Waals surface area contributed by atoms with Gasteiger partial charge < -0.3 is 4.74 Å². The van der Waals surface area contributed by atoms with Crippen molar-refractivity contribution in [1.82, 2.24) is 0 Å². The van der Waals surface area contributed by atoms with Crippen LogP contribution in [0.2, 0.25) is 0 Å². The molecule has 2 nitrogen and oxygen atoms in total. The fourth-order valence-electron chi connectivity index (χ4n) is 1.55. The molecule has 92 valence electrons. The van der Waals surface area contributed by atoms with Gasteiger partial charge in [0.05, 0.1) is 7.11 Å². The first kappa shape index (κ1) is 12.6. The number of hydrogen-bond donors (Lipinski definition) is 0. The molecule has 1 heterocycles. The van der Waals surface area contributed by atoms with Crippen molar-refractivity contribution in [2.24, 2.45) is 0 Å². The smallest absolute Gasteiger partial charge is 0.185 e. The monoisotopic (exact) mass is 258 g/mol. The largest absolute Gasteiger partial charge is 0.497 e. The molecule has 0 fully saturated rings. The topological polar surface area (TPSA) is 26.3 Å². The van der Waals surface area contributed by atoms with E-state index in [9.17, 15) is 4.79 Å². The Morgan fingerprint density at radius 1 is 1.17 bits per heavy atom. The molecule has 0 saturated heterocycles. The van der Waals surface area contributed by atoms with Crippen LogP contribution in [0.3, 0.4) is 0 Å². The highest BCUT2D eigenvalue weighted by Crippen LogP contribution is 2.17. The number of benzene rings is 1. The third kappa shape index (κ3) is 3.08. The summed E-state index contributed by atoms with van der Waals surface area (Å²) < 4.78 is 5.05. The molecule has 18 heavy (non-hydrogen) atoms. The summed E-state index contributed by atoms with van der Waals surface area (Å²) in [5.74, 6) is 0.758. The van der Waals surface area contributed by atoms with E-state index in [-0.39, 0.29) is 5.78 Å². The number of ether oxygens (including phenoxy) is 1. The maximum absolute atomic E-state index is 11.9. The predicted octanol–water partition coefficient (Wildman–Crippen LogP) is 3.96. The number of hydrogen-bond acceptors (Lipinski definition) is 3. The van der Waals surface area contributed by atoms with E-state index in [4.69, 9.17) is 4.74 Å². The molecule has 0 unspecified atom stereocenters. The van der Waals surface area contributed by atoms with Crippen molar-refractivity contribution in [3.63, 3.8) is 0 Å². The number of allylic oxidation sites excluding steroid dienone is 1. The van der Waals surface area contributed by atoms with Crippen LogP contribution >= 0.6 is 11.3 Å². The molecular formula is C15H14O2S. The molecule has 0 aliphatic heterocycles. The lowest BCUT2D eigenvalue weighted by molar-refractivity contribution is 0.104. The molecule has 0 aliphatic rings. The van der Waals surface area contributed by atoms with Crippen LogP contribution in [-0.2, 0) is 0 Å². The maximum atomic E-state index is 11.9. The molecule has 0 atom stereocenters. The van der Waals surface area contributed by atoms with Crippen molar-refractivity contribution in [2.75, 3.05) is 7.11 Å². The van der Waals surface area contributed by atoms with Crippen molar-refractivity contribution in [1.29, 1.82) is 0 Å². The first-order valence-electron chi connectivity index (χ1n) is 5.62. The normalized spacial score (nSPS) is 10.8. The molecule has 0 saturated carbocycles. The third-order valence-electron chi connectivity index (χ3n) is 2.53. The molecule has 0 aliphatic carbocycles. The molecule has 0 spiro atoms. The summed E-state index contributed by atoms with van der Waals surface area (Å²) in [5, 5.41) is 0. The summed E-state index contributed by atoms with van der Waals surface area (Å²) in [5.41, 5.74) is 0.667. The van der Waals surface area contributed by atoms with Crippen molar-refractivity contribution < 1.29 is 9.53 Å². The second kappa shape index (κ2) is 5.65. The van der Waals surface area contributed by atoms with Crippen molar-refractivity contribution in [3.8, 4) is 5.75 Å². The quantitative estimate of drug-likeness (QED) is 0.613. The van der Waals surface area contributed by atoms with E-state index in [1.165, 1.54) is 4.88 Å². The Morgan fingerprint density at radius 2 is 1.89 bits per heavy atom. The number of ketones is 1. The summed E-state index contributed by atoms with van der Waals surface area (Å²) in [7, 11) is 1.61. The third-order valence-corrected chi connectivity index (χ3v) is 3.50. The van der Waals surface area contributed by atoms with Gasteiger partial charge in [-0.25, -0.2) is 0 Å². The minimum absolute atomic E-state index is 0.00343. The lowest BCUT2D eigenvalue weighted by atomic mass is 10.1. The van der Waals surface area contributed by atoms with Crippen LogP contribution in [0.5, 0.6) is 5.75 Å². The van der Waals surface area contributed by atoms with Gasteiger partial charge in [-0.15, -0.1) is 11.3 Å². The maximum Gasteiger partial charge on any atom is 0.185 e. The zero-order valence-electron chi connectivity index (χ0n) is 10.3. The second-order valence-corrected chi connectivity index (χ2v) is 5.19. The number of thiophene rings is 1.